The molecule has 0 saturated carbocycles. The molecule has 0 amide bonds. The third-order valence-electron chi connectivity index (χ3n) is 14.9. The molecule has 2 heteroatoms. The first kappa shape index (κ1) is 33.2. The third kappa shape index (κ3) is 3.79. The SMILES string of the molecule is c1ccc2c(c1)-c1ccccc1C21c2ccccc2C2(c3ccccc3-c3ccccc32)c2cc3c(cc21)c1ccc2ccccc2c1n3-c1ccc2sc3ccccc3c2c1. The van der Waals surface area contributed by atoms with Crippen molar-refractivity contribution < 1.29 is 0 Å². The topological polar surface area (TPSA) is 4.93 Å². The number of nitrogens with zero attached hydrogens (tertiary/aromatic N) is 1. The van der Waals surface area contributed by atoms with Gasteiger partial charge < -0.3 is 4.57 Å². The van der Waals surface area contributed by atoms with Crippen LogP contribution in [0.3, 0.4) is 0 Å². The van der Waals surface area contributed by atoms with Crippen molar-refractivity contribution in [1.82, 2.24) is 4.57 Å². The zero-order valence-electron chi connectivity index (χ0n) is 33.6. The fourth-order valence-electron chi connectivity index (χ4n) is 12.6. The first-order chi connectivity index (χ1) is 30.8. The van der Waals surface area contributed by atoms with Crippen LogP contribution in [0.15, 0.2) is 212 Å². The summed E-state index contributed by atoms with van der Waals surface area (Å²) in [6.45, 7) is 0. The molecule has 0 atom stereocenters. The highest BCUT2D eigenvalue weighted by atomic mass is 32.1. The number of rotatable bonds is 1. The summed E-state index contributed by atoms with van der Waals surface area (Å²) in [6.07, 6.45) is 0. The van der Waals surface area contributed by atoms with Crippen LogP contribution in [-0.4, -0.2) is 4.57 Å². The Morgan fingerprint density at radius 2 is 0.790 bits per heavy atom. The maximum Gasteiger partial charge on any atom is 0.0720 e. The lowest BCUT2D eigenvalue weighted by Gasteiger charge is -2.49. The van der Waals surface area contributed by atoms with E-state index in [1.807, 2.05) is 11.3 Å². The quantitative estimate of drug-likeness (QED) is 0.156. The van der Waals surface area contributed by atoms with Gasteiger partial charge in [0, 0.05) is 42.0 Å². The molecule has 2 aromatic heterocycles. The molecule has 1 nitrogen and oxygen atoms in total. The van der Waals surface area contributed by atoms with Gasteiger partial charge in [0.1, 0.15) is 0 Å². The van der Waals surface area contributed by atoms with Gasteiger partial charge in [-0.3, -0.25) is 0 Å². The highest BCUT2D eigenvalue weighted by Crippen LogP contribution is 2.68. The lowest BCUT2D eigenvalue weighted by molar-refractivity contribution is 0.634. The fraction of sp³-hybridized carbons (Fsp3) is 0.0333. The summed E-state index contributed by atoms with van der Waals surface area (Å²) < 4.78 is 5.24. The van der Waals surface area contributed by atoms with Crippen LogP contribution in [0.5, 0.6) is 0 Å². The maximum atomic E-state index is 2.64. The van der Waals surface area contributed by atoms with Crippen LogP contribution >= 0.6 is 11.3 Å². The van der Waals surface area contributed by atoms with Crippen molar-refractivity contribution in [3.05, 3.63) is 257 Å². The van der Waals surface area contributed by atoms with Crippen LogP contribution in [0.2, 0.25) is 0 Å². The molecular formula is C60H35NS. The molecule has 12 aromatic rings. The van der Waals surface area contributed by atoms with Gasteiger partial charge in [0.05, 0.1) is 21.9 Å². The third-order valence-corrected chi connectivity index (χ3v) is 16.0. The molecule has 0 bridgehead atoms. The zero-order chi connectivity index (χ0) is 40.3. The van der Waals surface area contributed by atoms with Gasteiger partial charge in [-0.1, -0.05) is 176 Å². The monoisotopic (exact) mass is 801 g/mol. The van der Waals surface area contributed by atoms with E-state index in [0.29, 0.717) is 0 Å². The Balaban J connectivity index is 1.19. The minimum Gasteiger partial charge on any atom is -0.309 e. The molecule has 10 aromatic carbocycles. The van der Waals surface area contributed by atoms with Crippen LogP contribution in [0, 0.1) is 0 Å². The van der Waals surface area contributed by atoms with Gasteiger partial charge in [-0.05, 0) is 109 Å². The highest BCUT2D eigenvalue weighted by Gasteiger charge is 2.59. The smallest absolute Gasteiger partial charge is 0.0720 e. The zero-order valence-corrected chi connectivity index (χ0v) is 34.4. The predicted octanol–water partition coefficient (Wildman–Crippen LogP) is 15.3. The Hall–Kier alpha value is -7.52. The number of aromatic nitrogens is 1. The van der Waals surface area contributed by atoms with Crippen molar-refractivity contribution in [2.75, 3.05) is 0 Å². The average Bonchev–Trinajstić information content (AvgIpc) is 4.05. The van der Waals surface area contributed by atoms with Crippen molar-refractivity contribution in [2.24, 2.45) is 0 Å². The van der Waals surface area contributed by atoms with E-state index in [2.05, 4.69) is 217 Å². The molecule has 15 rings (SSSR count). The molecule has 0 radical (unpaired) electrons. The molecule has 3 aliphatic carbocycles. The number of fused-ring (bicyclic) bond motifs is 24. The number of hydrogen-bond donors (Lipinski definition) is 0. The van der Waals surface area contributed by atoms with Gasteiger partial charge in [-0.25, -0.2) is 0 Å². The fourth-order valence-corrected chi connectivity index (χ4v) is 13.7. The Bertz CT molecular complexity index is 3860. The van der Waals surface area contributed by atoms with Gasteiger partial charge in [0.15, 0.2) is 0 Å². The van der Waals surface area contributed by atoms with Crippen molar-refractivity contribution in [3.63, 3.8) is 0 Å². The number of thiophene rings is 1. The van der Waals surface area contributed by atoms with Crippen LogP contribution in [0.4, 0.5) is 0 Å². The second-order valence-corrected chi connectivity index (χ2v) is 18.5. The summed E-state index contributed by atoms with van der Waals surface area (Å²) in [5.41, 5.74) is 18.6. The number of hydrogen-bond acceptors (Lipinski definition) is 1. The van der Waals surface area contributed by atoms with Crippen LogP contribution < -0.4 is 0 Å². The standard InChI is InChI=1S/C60H35NS/c1-2-16-38-36(15-1)29-31-44-45-34-53-54(35-55(45)61(58(38)44)37-30-32-57-46(33-37)43-21-7-14-28-56(43)62-57)60(49-24-10-5-19-41(49)42-20-6-11-25-50(42)60)52-27-13-12-26-51(52)59(53)47-22-8-3-17-39(47)40-18-4-9-23-48(40)59/h1-35H. The lowest BCUT2D eigenvalue weighted by atomic mass is 9.52. The Kier molecular flexibility index (Phi) is 6.24. The van der Waals surface area contributed by atoms with Crippen molar-refractivity contribution in [3.8, 4) is 27.9 Å². The van der Waals surface area contributed by atoms with E-state index in [0.717, 1.165) is 0 Å². The molecule has 62 heavy (non-hydrogen) atoms. The molecule has 0 aliphatic heterocycles. The van der Waals surface area contributed by atoms with Gasteiger partial charge in [0.2, 0.25) is 0 Å². The summed E-state index contributed by atoms with van der Waals surface area (Å²) in [5, 5.41) is 7.66. The second-order valence-electron chi connectivity index (χ2n) is 17.4. The molecule has 0 unspecified atom stereocenters. The number of benzene rings is 10. The van der Waals surface area contributed by atoms with Crippen molar-refractivity contribution >= 4 is 64.1 Å². The average molecular weight is 802 g/mol. The largest absolute Gasteiger partial charge is 0.309 e. The Morgan fingerprint density at radius 3 is 1.40 bits per heavy atom. The summed E-state index contributed by atoms with van der Waals surface area (Å²) in [5.74, 6) is 0. The van der Waals surface area contributed by atoms with Crippen LogP contribution in [0.1, 0.15) is 44.5 Å². The predicted molar refractivity (Wildman–Crippen MR) is 259 cm³/mol. The van der Waals surface area contributed by atoms with E-state index in [4.69, 9.17) is 0 Å². The first-order valence-electron chi connectivity index (χ1n) is 21.7. The van der Waals surface area contributed by atoms with E-state index in [-0.39, 0.29) is 0 Å². The van der Waals surface area contributed by atoms with E-state index >= 15 is 0 Å². The normalized spacial score (nSPS) is 14.7. The second kappa shape index (κ2) is 11.6. The van der Waals surface area contributed by atoms with Crippen molar-refractivity contribution in [2.45, 2.75) is 10.8 Å². The summed E-state index contributed by atoms with van der Waals surface area (Å²) in [4.78, 5) is 0. The van der Waals surface area contributed by atoms with Gasteiger partial charge in [-0.2, -0.15) is 0 Å². The van der Waals surface area contributed by atoms with Gasteiger partial charge in [-0.15, -0.1) is 11.3 Å². The first-order valence-corrected chi connectivity index (χ1v) is 22.5. The summed E-state index contributed by atoms with van der Waals surface area (Å²) >= 11 is 1.88. The minimum absolute atomic E-state index is 0.551. The van der Waals surface area contributed by atoms with E-state index in [1.54, 1.807) is 0 Å². The molecular weight excluding hydrogens is 767 g/mol. The molecule has 2 heterocycles. The summed E-state index contributed by atoms with van der Waals surface area (Å²) in [7, 11) is 0. The molecule has 286 valence electrons. The van der Waals surface area contributed by atoms with Crippen molar-refractivity contribution in [1.29, 1.82) is 0 Å². The van der Waals surface area contributed by atoms with Gasteiger partial charge in [0.25, 0.3) is 0 Å². The van der Waals surface area contributed by atoms with Crippen LogP contribution in [-0.2, 0) is 10.8 Å². The Morgan fingerprint density at radius 1 is 0.306 bits per heavy atom. The highest BCUT2D eigenvalue weighted by molar-refractivity contribution is 7.25. The van der Waals surface area contributed by atoms with Crippen LogP contribution in [0.25, 0.3) is 80.7 Å². The Labute approximate surface area is 362 Å². The van der Waals surface area contributed by atoms with E-state index in [9.17, 15) is 0 Å². The van der Waals surface area contributed by atoms with Gasteiger partial charge >= 0.3 is 0 Å². The molecule has 0 N–H and O–H groups in total. The molecule has 2 spiro atoms. The van der Waals surface area contributed by atoms with E-state index < -0.39 is 10.8 Å². The molecule has 3 aliphatic rings. The van der Waals surface area contributed by atoms with E-state index in [1.165, 1.54) is 125 Å². The minimum atomic E-state index is -0.568. The summed E-state index contributed by atoms with van der Waals surface area (Å²) in [6, 6.07) is 81.3. The molecule has 0 saturated heterocycles. The maximum absolute atomic E-state index is 2.64. The lowest BCUT2D eigenvalue weighted by Crippen LogP contribution is -2.43. The molecule has 0 fully saturated rings.